The fourth-order valence-corrected chi connectivity index (χ4v) is 1.22. The highest BCUT2D eigenvalue weighted by Gasteiger charge is 2.10. The number of halogens is 4. The lowest BCUT2D eigenvalue weighted by atomic mass is 10.1. The van der Waals surface area contributed by atoms with E-state index in [2.05, 4.69) is 0 Å². The van der Waals surface area contributed by atoms with Crippen molar-refractivity contribution >= 4 is 11.6 Å². The van der Waals surface area contributed by atoms with Crippen LogP contribution in [-0.2, 0) is 6.42 Å². The summed E-state index contributed by atoms with van der Waals surface area (Å²) in [5.74, 6) is -2.91. The van der Waals surface area contributed by atoms with E-state index in [9.17, 15) is 13.2 Å². The molecule has 0 saturated carbocycles. The van der Waals surface area contributed by atoms with Crippen molar-refractivity contribution in [2.75, 3.05) is 0 Å². The molecule has 0 spiro atoms. The SMILES string of the molecule is CC(Cl)CCc1cc(F)c(F)cc1F. The van der Waals surface area contributed by atoms with Gasteiger partial charge in [0.05, 0.1) is 0 Å². The lowest BCUT2D eigenvalue weighted by Crippen LogP contribution is -1.99. The maximum Gasteiger partial charge on any atom is 0.161 e. The van der Waals surface area contributed by atoms with Gasteiger partial charge < -0.3 is 0 Å². The average Bonchev–Trinajstić information content (AvgIpc) is 2.09. The van der Waals surface area contributed by atoms with Crippen LogP contribution in [0.15, 0.2) is 12.1 Å². The summed E-state index contributed by atoms with van der Waals surface area (Å²) in [6.07, 6.45) is 0.844. The first kappa shape index (κ1) is 11.4. The van der Waals surface area contributed by atoms with Crippen molar-refractivity contribution in [3.05, 3.63) is 35.1 Å². The van der Waals surface area contributed by atoms with E-state index in [0.29, 0.717) is 18.9 Å². The van der Waals surface area contributed by atoms with Crippen LogP contribution in [0.1, 0.15) is 18.9 Å². The van der Waals surface area contributed by atoms with Crippen LogP contribution < -0.4 is 0 Å². The van der Waals surface area contributed by atoms with E-state index >= 15 is 0 Å². The Hall–Kier alpha value is -0.700. The molecular formula is C10H10ClF3. The predicted octanol–water partition coefficient (Wildman–Crippen LogP) is 3.66. The Kier molecular flexibility index (Phi) is 3.81. The normalized spacial score (nSPS) is 12.9. The van der Waals surface area contributed by atoms with Crippen LogP contribution in [0.3, 0.4) is 0 Å². The minimum absolute atomic E-state index is 0.109. The second-order valence-corrected chi connectivity index (χ2v) is 3.92. The molecule has 1 aromatic carbocycles. The van der Waals surface area contributed by atoms with Crippen molar-refractivity contribution in [1.29, 1.82) is 0 Å². The quantitative estimate of drug-likeness (QED) is 0.541. The van der Waals surface area contributed by atoms with E-state index in [-0.39, 0.29) is 10.9 Å². The van der Waals surface area contributed by atoms with Crippen LogP contribution in [0.25, 0.3) is 0 Å². The lowest BCUT2D eigenvalue weighted by molar-refractivity contribution is 0.489. The van der Waals surface area contributed by atoms with Gasteiger partial charge in [-0.15, -0.1) is 11.6 Å². The number of hydrogen-bond acceptors (Lipinski definition) is 0. The molecule has 1 unspecified atom stereocenters. The van der Waals surface area contributed by atoms with Crippen LogP contribution >= 0.6 is 11.6 Å². The number of hydrogen-bond donors (Lipinski definition) is 0. The maximum absolute atomic E-state index is 13.0. The Morgan fingerprint density at radius 2 is 1.71 bits per heavy atom. The summed E-state index contributed by atoms with van der Waals surface area (Å²) in [6.45, 7) is 1.76. The van der Waals surface area contributed by atoms with E-state index in [1.807, 2.05) is 0 Å². The molecule has 0 radical (unpaired) electrons. The number of alkyl halides is 1. The molecule has 0 aliphatic heterocycles. The Morgan fingerprint density at radius 1 is 1.14 bits per heavy atom. The topological polar surface area (TPSA) is 0 Å². The second-order valence-electron chi connectivity index (χ2n) is 3.18. The monoisotopic (exact) mass is 222 g/mol. The van der Waals surface area contributed by atoms with Gasteiger partial charge in [-0.05, 0) is 31.4 Å². The molecule has 4 heteroatoms. The molecule has 1 atom stereocenters. The molecule has 0 heterocycles. The van der Waals surface area contributed by atoms with Gasteiger partial charge >= 0.3 is 0 Å². The Labute approximate surface area is 85.7 Å². The molecule has 14 heavy (non-hydrogen) atoms. The van der Waals surface area contributed by atoms with Gasteiger partial charge in [-0.25, -0.2) is 13.2 Å². The highest BCUT2D eigenvalue weighted by molar-refractivity contribution is 6.20. The summed E-state index contributed by atoms with van der Waals surface area (Å²) in [5.41, 5.74) is 0.163. The third-order valence-electron chi connectivity index (χ3n) is 1.90. The molecule has 1 rings (SSSR count). The molecule has 0 saturated heterocycles. The molecule has 0 N–H and O–H groups in total. The summed E-state index contributed by atoms with van der Waals surface area (Å²) in [6, 6.07) is 1.44. The fourth-order valence-electron chi connectivity index (χ4n) is 1.11. The van der Waals surface area contributed by atoms with Crippen molar-refractivity contribution in [2.45, 2.75) is 25.1 Å². The number of rotatable bonds is 3. The summed E-state index contributed by atoms with van der Waals surface area (Å²) in [7, 11) is 0. The molecule has 0 aliphatic carbocycles. The number of benzene rings is 1. The summed E-state index contributed by atoms with van der Waals surface area (Å²) in [4.78, 5) is 0. The van der Waals surface area contributed by atoms with E-state index in [1.54, 1.807) is 6.92 Å². The van der Waals surface area contributed by atoms with Crippen LogP contribution in [0.2, 0.25) is 0 Å². The molecule has 78 valence electrons. The van der Waals surface area contributed by atoms with Gasteiger partial charge in [0.1, 0.15) is 5.82 Å². The third-order valence-corrected chi connectivity index (χ3v) is 2.12. The smallest absolute Gasteiger partial charge is 0.161 e. The van der Waals surface area contributed by atoms with Crippen molar-refractivity contribution in [1.82, 2.24) is 0 Å². The maximum atomic E-state index is 13.0. The Bertz CT molecular complexity index is 323. The van der Waals surface area contributed by atoms with Crippen LogP contribution in [0.5, 0.6) is 0 Å². The molecule has 0 aromatic heterocycles. The number of aryl methyl sites for hydroxylation is 1. The van der Waals surface area contributed by atoms with Crippen LogP contribution in [-0.4, -0.2) is 5.38 Å². The van der Waals surface area contributed by atoms with Gasteiger partial charge in [-0.3, -0.25) is 0 Å². The molecular weight excluding hydrogens is 213 g/mol. The third kappa shape index (κ3) is 2.91. The van der Waals surface area contributed by atoms with Crippen molar-refractivity contribution in [3.63, 3.8) is 0 Å². The summed E-state index contributed by atoms with van der Waals surface area (Å²) < 4.78 is 38.3. The van der Waals surface area contributed by atoms with Gasteiger partial charge in [0.2, 0.25) is 0 Å². The van der Waals surface area contributed by atoms with Crippen molar-refractivity contribution in [2.24, 2.45) is 0 Å². The second kappa shape index (κ2) is 4.69. The van der Waals surface area contributed by atoms with Gasteiger partial charge in [-0.1, -0.05) is 0 Å². The van der Waals surface area contributed by atoms with Crippen molar-refractivity contribution in [3.8, 4) is 0 Å². The van der Waals surface area contributed by atoms with Gasteiger partial charge in [-0.2, -0.15) is 0 Å². The van der Waals surface area contributed by atoms with E-state index in [0.717, 1.165) is 6.07 Å². The molecule has 0 aliphatic rings. The van der Waals surface area contributed by atoms with E-state index in [1.165, 1.54) is 0 Å². The highest BCUT2D eigenvalue weighted by Crippen LogP contribution is 2.16. The zero-order valence-electron chi connectivity index (χ0n) is 7.66. The lowest BCUT2D eigenvalue weighted by Gasteiger charge is -2.05. The Morgan fingerprint density at radius 3 is 2.29 bits per heavy atom. The zero-order valence-corrected chi connectivity index (χ0v) is 8.41. The summed E-state index contributed by atoms with van der Waals surface area (Å²) >= 11 is 5.66. The van der Waals surface area contributed by atoms with Gasteiger partial charge in [0, 0.05) is 11.4 Å². The highest BCUT2D eigenvalue weighted by atomic mass is 35.5. The molecule has 0 bridgehead atoms. The molecule has 0 amide bonds. The average molecular weight is 223 g/mol. The zero-order chi connectivity index (χ0) is 10.7. The fraction of sp³-hybridized carbons (Fsp3) is 0.400. The molecule has 0 fully saturated rings. The first-order chi connectivity index (χ1) is 6.50. The Balaban J connectivity index is 2.82. The molecule has 0 nitrogen and oxygen atoms in total. The first-order valence-electron chi connectivity index (χ1n) is 4.28. The standard InChI is InChI=1S/C10H10ClF3/c1-6(11)2-3-7-4-9(13)10(14)5-8(7)12/h4-6H,2-3H2,1H3. The molecule has 1 aromatic rings. The summed E-state index contributed by atoms with van der Waals surface area (Å²) in [5, 5.41) is -0.109. The minimum Gasteiger partial charge on any atom is -0.207 e. The van der Waals surface area contributed by atoms with Crippen LogP contribution in [0, 0.1) is 17.5 Å². The van der Waals surface area contributed by atoms with Crippen LogP contribution in [0.4, 0.5) is 13.2 Å². The minimum atomic E-state index is -1.16. The largest absolute Gasteiger partial charge is 0.207 e. The van der Waals surface area contributed by atoms with E-state index in [4.69, 9.17) is 11.6 Å². The predicted molar refractivity (Wildman–Crippen MR) is 50.0 cm³/mol. The first-order valence-corrected chi connectivity index (χ1v) is 4.72. The van der Waals surface area contributed by atoms with Gasteiger partial charge in [0.15, 0.2) is 11.6 Å². The van der Waals surface area contributed by atoms with E-state index < -0.39 is 17.5 Å². The van der Waals surface area contributed by atoms with Crippen molar-refractivity contribution < 1.29 is 13.2 Å². The van der Waals surface area contributed by atoms with Gasteiger partial charge in [0.25, 0.3) is 0 Å².